The highest BCUT2D eigenvalue weighted by Crippen LogP contribution is 2.32. The van der Waals surface area contributed by atoms with Gasteiger partial charge in [0.25, 0.3) is 0 Å². The van der Waals surface area contributed by atoms with Gasteiger partial charge >= 0.3 is 0 Å². The lowest BCUT2D eigenvalue weighted by atomic mass is 9.97. The first-order valence-electron chi connectivity index (χ1n) is 12.7. The number of H-pyrrole nitrogens is 2. The summed E-state index contributed by atoms with van der Waals surface area (Å²) in [5.74, 6) is 1.08. The maximum Gasteiger partial charge on any atom is 0.159 e. The zero-order valence-electron chi connectivity index (χ0n) is 21.1. The Kier molecular flexibility index (Phi) is 7.46. The average molecular weight is 503 g/mol. The topological polar surface area (TPSA) is 92.9 Å². The second kappa shape index (κ2) is 10.9. The standard InChI is InChI=1S/C28H34N6OS/c1-4-19-15-22(35)6-8-23(19)21-5-7-24-25(16-21)32-33-27(24)28-29-17-26(31-28)20-9-12-34(13-10-20)14-11-30-36-18(2)3/h5-9,15-18,30,35H,4,10-14H2,1-3H3,(H,29,31)(H,32,33). The van der Waals surface area contributed by atoms with Crippen LogP contribution in [-0.4, -0.2) is 61.6 Å². The largest absolute Gasteiger partial charge is 0.508 e. The second-order valence-corrected chi connectivity index (χ2v) is 11.0. The van der Waals surface area contributed by atoms with Crippen LogP contribution in [0.4, 0.5) is 0 Å². The van der Waals surface area contributed by atoms with Crippen molar-refractivity contribution in [2.75, 3.05) is 26.2 Å². The predicted octanol–water partition coefficient (Wildman–Crippen LogP) is 5.62. The van der Waals surface area contributed by atoms with Crippen molar-refractivity contribution in [1.29, 1.82) is 0 Å². The van der Waals surface area contributed by atoms with E-state index in [9.17, 15) is 5.11 Å². The number of fused-ring (bicyclic) bond motifs is 1. The Hall–Kier alpha value is -3.07. The molecule has 0 saturated heterocycles. The lowest BCUT2D eigenvalue weighted by molar-refractivity contribution is 0.307. The van der Waals surface area contributed by atoms with Crippen LogP contribution in [0, 0.1) is 0 Å². The summed E-state index contributed by atoms with van der Waals surface area (Å²) in [6, 6.07) is 11.9. The fourth-order valence-electron chi connectivity index (χ4n) is 4.71. The van der Waals surface area contributed by atoms with Crippen molar-refractivity contribution >= 4 is 28.4 Å². The quantitative estimate of drug-likeness (QED) is 0.175. The van der Waals surface area contributed by atoms with Crippen LogP contribution in [0.1, 0.15) is 38.4 Å². The third kappa shape index (κ3) is 5.36. The van der Waals surface area contributed by atoms with Gasteiger partial charge in [-0.2, -0.15) is 5.10 Å². The highest BCUT2D eigenvalue weighted by Gasteiger charge is 2.17. The molecule has 7 nitrogen and oxygen atoms in total. The minimum atomic E-state index is 0.299. The zero-order chi connectivity index (χ0) is 25.1. The lowest BCUT2D eigenvalue weighted by Crippen LogP contribution is -2.33. The molecule has 4 N–H and O–H groups in total. The molecule has 4 aromatic rings. The molecule has 0 fully saturated rings. The number of nitrogens with zero attached hydrogens (tertiary/aromatic N) is 3. The summed E-state index contributed by atoms with van der Waals surface area (Å²) in [6.45, 7) is 10.6. The van der Waals surface area contributed by atoms with Crippen molar-refractivity contribution < 1.29 is 5.11 Å². The third-order valence-corrected chi connectivity index (χ3v) is 7.47. The van der Waals surface area contributed by atoms with E-state index in [0.717, 1.165) is 83.8 Å². The smallest absolute Gasteiger partial charge is 0.159 e. The number of aryl methyl sites for hydroxylation is 1. The molecule has 0 spiro atoms. The molecule has 1 aliphatic rings. The summed E-state index contributed by atoms with van der Waals surface area (Å²) in [7, 11) is 0. The maximum atomic E-state index is 9.85. The molecule has 0 saturated carbocycles. The molecule has 0 atom stereocenters. The first-order chi connectivity index (χ1) is 17.5. The fourth-order valence-corrected chi connectivity index (χ4v) is 5.26. The SMILES string of the molecule is CCc1cc(O)ccc1-c1ccc2c(-c3ncc(C4=CCN(CCNSC(C)C)CC4)[nH]3)n[nH]c2c1. The lowest BCUT2D eigenvalue weighted by Gasteiger charge is -2.26. The van der Waals surface area contributed by atoms with Gasteiger partial charge in [0.2, 0.25) is 0 Å². The van der Waals surface area contributed by atoms with E-state index in [1.165, 1.54) is 5.57 Å². The maximum absolute atomic E-state index is 9.85. The van der Waals surface area contributed by atoms with Crippen LogP contribution in [0.25, 0.3) is 39.1 Å². The zero-order valence-corrected chi connectivity index (χ0v) is 22.0. The summed E-state index contributed by atoms with van der Waals surface area (Å²) in [6.07, 6.45) is 6.10. The highest BCUT2D eigenvalue weighted by atomic mass is 32.2. The molecular weight excluding hydrogens is 468 g/mol. The average Bonchev–Trinajstić information content (AvgIpc) is 3.53. The molecule has 188 valence electrons. The number of hydrogen-bond acceptors (Lipinski definition) is 6. The molecule has 0 radical (unpaired) electrons. The number of phenolic OH excluding ortho intramolecular Hbond substituents is 1. The van der Waals surface area contributed by atoms with Crippen LogP contribution in [-0.2, 0) is 6.42 Å². The Morgan fingerprint density at radius 3 is 2.86 bits per heavy atom. The minimum absolute atomic E-state index is 0.299. The van der Waals surface area contributed by atoms with E-state index in [2.05, 4.69) is 74.8 Å². The Labute approximate surface area is 216 Å². The van der Waals surface area contributed by atoms with E-state index in [1.807, 2.05) is 18.3 Å². The summed E-state index contributed by atoms with van der Waals surface area (Å²) in [5, 5.41) is 19.3. The molecule has 0 aliphatic carbocycles. The Morgan fingerprint density at radius 2 is 2.08 bits per heavy atom. The summed E-state index contributed by atoms with van der Waals surface area (Å²) in [5.41, 5.74) is 7.53. The third-order valence-electron chi connectivity index (χ3n) is 6.63. The Morgan fingerprint density at radius 1 is 1.19 bits per heavy atom. The van der Waals surface area contributed by atoms with Crippen molar-refractivity contribution in [2.45, 2.75) is 38.9 Å². The number of rotatable bonds is 9. The van der Waals surface area contributed by atoms with Gasteiger partial charge in [0.05, 0.1) is 17.4 Å². The van der Waals surface area contributed by atoms with E-state index >= 15 is 0 Å². The monoisotopic (exact) mass is 502 g/mol. The van der Waals surface area contributed by atoms with Gasteiger partial charge in [-0.1, -0.05) is 50.9 Å². The van der Waals surface area contributed by atoms with Crippen molar-refractivity contribution in [1.82, 2.24) is 29.8 Å². The second-order valence-electron chi connectivity index (χ2n) is 9.51. The number of aromatic amines is 2. The molecular formula is C28H34N6OS. The molecule has 3 heterocycles. The van der Waals surface area contributed by atoms with Gasteiger partial charge in [0.1, 0.15) is 11.4 Å². The van der Waals surface area contributed by atoms with Gasteiger partial charge in [-0.25, -0.2) is 4.98 Å². The summed E-state index contributed by atoms with van der Waals surface area (Å²) >= 11 is 1.80. The number of imidazole rings is 1. The van der Waals surface area contributed by atoms with E-state index in [1.54, 1.807) is 18.0 Å². The molecule has 2 aromatic heterocycles. The van der Waals surface area contributed by atoms with Gasteiger partial charge in [-0.05, 0) is 59.4 Å². The molecule has 2 aromatic carbocycles. The van der Waals surface area contributed by atoms with Gasteiger partial charge in [-0.3, -0.25) is 14.7 Å². The van der Waals surface area contributed by atoms with Gasteiger partial charge in [-0.15, -0.1) is 0 Å². The van der Waals surface area contributed by atoms with Gasteiger partial charge in [0, 0.05) is 36.8 Å². The van der Waals surface area contributed by atoms with Crippen molar-refractivity contribution in [2.24, 2.45) is 0 Å². The fraction of sp³-hybridized carbons (Fsp3) is 0.357. The normalized spacial score (nSPS) is 14.6. The first kappa shape index (κ1) is 24.6. The Balaban J connectivity index is 1.30. The van der Waals surface area contributed by atoms with Crippen LogP contribution in [0.2, 0.25) is 0 Å². The van der Waals surface area contributed by atoms with Crippen molar-refractivity contribution in [3.8, 4) is 28.4 Å². The molecule has 0 unspecified atom stereocenters. The predicted molar refractivity (Wildman–Crippen MR) is 150 cm³/mol. The highest BCUT2D eigenvalue weighted by molar-refractivity contribution is 7.97. The van der Waals surface area contributed by atoms with Crippen LogP contribution in [0.5, 0.6) is 5.75 Å². The van der Waals surface area contributed by atoms with E-state index in [0.29, 0.717) is 11.0 Å². The van der Waals surface area contributed by atoms with Crippen molar-refractivity contribution in [3.05, 3.63) is 59.9 Å². The minimum Gasteiger partial charge on any atom is -0.508 e. The van der Waals surface area contributed by atoms with Crippen LogP contribution >= 0.6 is 11.9 Å². The number of nitrogens with one attached hydrogen (secondary N) is 3. The van der Waals surface area contributed by atoms with Gasteiger partial charge < -0.3 is 10.1 Å². The molecule has 5 rings (SSSR count). The number of aromatic hydroxyl groups is 1. The number of aromatic nitrogens is 4. The van der Waals surface area contributed by atoms with E-state index in [-0.39, 0.29) is 0 Å². The van der Waals surface area contributed by atoms with Crippen molar-refractivity contribution in [3.63, 3.8) is 0 Å². The van der Waals surface area contributed by atoms with Gasteiger partial charge in [0.15, 0.2) is 5.82 Å². The Bertz CT molecular complexity index is 1370. The molecule has 36 heavy (non-hydrogen) atoms. The van der Waals surface area contributed by atoms with E-state index in [4.69, 9.17) is 0 Å². The van der Waals surface area contributed by atoms with Crippen LogP contribution in [0.3, 0.4) is 0 Å². The first-order valence-corrected chi connectivity index (χ1v) is 13.6. The van der Waals surface area contributed by atoms with Crippen LogP contribution < -0.4 is 4.72 Å². The number of benzene rings is 2. The number of phenols is 1. The summed E-state index contributed by atoms with van der Waals surface area (Å²) < 4.78 is 3.45. The number of hydrogen-bond donors (Lipinski definition) is 4. The molecule has 0 bridgehead atoms. The summed E-state index contributed by atoms with van der Waals surface area (Å²) in [4.78, 5) is 10.6. The van der Waals surface area contributed by atoms with Crippen LogP contribution in [0.15, 0.2) is 48.7 Å². The van der Waals surface area contributed by atoms with E-state index < -0.39 is 0 Å². The molecule has 0 amide bonds. The molecule has 1 aliphatic heterocycles. The molecule has 8 heteroatoms.